The highest BCUT2D eigenvalue weighted by Crippen LogP contribution is 2.27. The first-order chi connectivity index (χ1) is 10.7. The van der Waals surface area contributed by atoms with Gasteiger partial charge in [-0.15, -0.1) is 5.10 Å². The number of rotatable bonds is 4. The Morgan fingerprint density at radius 2 is 1.55 bits per heavy atom. The number of hydrogen-bond donors (Lipinski definition) is 1. The molecule has 0 aliphatic heterocycles. The van der Waals surface area contributed by atoms with Crippen molar-refractivity contribution in [1.29, 1.82) is 0 Å². The zero-order chi connectivity index (χ0) is 15.5. The van der Waals surface area contributed by atoms with Crippen LogP contribution < -0.4 is 5.32 Å². The lowest BCUT2D eigenvalue weighted by atomic mass is 10.1. The summed E-state index contributed by atoms with van der Waals surface area (Å²) >= 11 is 11.9. The third-order valence-electron chi connectivity index (χ3n) is 3.13. The van der Waals surface area contributed by atoms with Gasteiger partial charge in [0.15, 0.2) is 5.82 Å². The summed E-state index contributed by atoms with van der Waals surface area (Å²) in [5, 5.41) is 8.27. The number of carbonyl (C=O) groups is 1. The summed E-state index contributed by atoms with van der Waals surface area (Å²) in [7, 11) is 0. The Labute approximate surface area is 137 Å². The van der Waals surface area contributed by atoms with Gasteiger partial charge >= 0.3 is 0 Å². The van der Waals surface area contributed by atoms with Crippen LogP contribution in [-0.4, -0.2) is 16.2 Å². The highest BCUT2D eigenvalue weighted by molar-refractivity contribution is 6.30. The molecule has 0 radical (unpaired) electrons. The molecule has 0 atom stereocenters. The number of amides is 1. The SMILES string of the molecule is O=CNc1cc(-c2ccc(Cl)cc2)n(-c2ccc(Cl)cc2)n1. The number of carbonyl (C=O) groups excluding carboxylic acids is 1. The number of benzene rings is 2. The number of nitrogens with one attached hydrogen (secondary N) is 1. The van der Waals surface area contributed by atoms with Crippen LogP contribution in [0.25, 0.3) is 16.9 Å². The molecule has 6 heteroatoms. The fourth-order valence-corrected chi connectivity index (χ4v) is 2.37. The van der Waals surface area contributed by atoms with Gasteiger partial charge in [-0.2, -0.15) is 0 Å². The van der Waals surface area contributed by atoms with E-state index < -0.39 is 0 Å². The molecule has 3 aromatic rings. The van der Waals surface area contributed by atoms with E-state index >= 15 is 0 Å². The van der Waals surface area contributed by atoms with Crippen molar-refractivity contribution in [3.8, 4) is 16.9 Å². The summed E-state index contributed by atoms with van der Waals surface area (Å²) in [6.45, 7) is 0. The van der Waals surface area contributed by atoms with Gasteiger partial charge in [0.2, 0.25) is 6.41 Å². The van der Waals surface area contributed by atoms with Gasteiger partial charge in [-0.25, -0.2) is 4.68 Å². The van der Waals surface area contributed by atoms with Crippen molar-refractivity contribution >= 4 is 35.4 Å². The quantitative estimate of drug-likeness (QED) is 0.719. The van der Waals surface area contributed by atoms with Gasteiger partial charge in [0.1, 0.15) is 0 Å². The van der Waals surface area contributed by atoms with E-state index in [4.69, 9.17) is 23.2 Å². The van der Waals surface area contributed by atoms with Gasteiger partial charge in [-0.3, -0.25) is 4.79 Å². The molecule has 2 aromatic carbocycles. The average molecular weight is 332 g/mol. The summed E-state index contributed by atoms with van der Waals surface area (Å²) in [4.78, 5) is 10.7. The Morgan fingerprint density at radius 3 is 2.14 bits per heavy atom. The molecule has 1 amide bonds. The molecule has 3 rings (SSSR count). The van der Waals surface area contributed by atoms with Crippen LogP contribution in [0.5, 0.6) is 0 Å². The number of hydrogen-bond acceptors (Lipinski definition) is 2. The van der Waals surface area contributed by atoms with Crippen LogP contribution in [0.4, 0.5) is 5.82 Å². The standard InChI is InChI=1S/C16H11Cl2N3O/c17-12-3-1-11(2-4-12)15-9-16(19-10-22)20-21(15)14-7-5-13(18)6-8-14/h1-10H,(H,19,20,22). The Kier molecular flexibility index (Phi) is 4.13. The minimum absolute atomic E-state index is 0.468. The first-order valence-corrected chi connectivity index (χ1v) is 7.25. The third kappa shape index (κ3) is 2.98. The molecule has 0 aliphatic rings. The molecule has 110 valence electrons. The van der Waals surface area contributed by atoms with Crippen LogP contribution in [0, 0.1) is 0 Å². The first kappa shape index (κ1) is 14.6. The Bertz CT molecular complexity index is 732. The number of halogens is 2. The number of aromatic nitrogens is 2. The van der Waals surface area contributed by atoms with Crippen molar-refractivity contribution in [2.45, 2.75) is 0 Å². The van der Waals surface area contributed by atoms with Crippen LogP contribution in [-0.2, 0) is 4.79 Å². The first-order valence-electron chi connectivity index (χ1n) is 6.49. The molecule has 0 fully saturated rings. The molecule has 0 spiro atoms. The highest BCUT2D eigenvalue weighted by Gasteiger charge is 2.11. The Hall–Kier alpha value is -2.30. The topological polar surface area (TPSA) is 46.9 Å². The summed E-state index contributed by atoms with van der Waals surface area (Å²) in [5.41, 5.74) is 2.61. The maximum Gasteiger partial charge on any atom is 0.212 e. The number of nitrogens with zero attached hydrogens (tertiary/aromatic N) is 2. The zero-order valence-electron chi connectivity index (χ0n) is 11.3. The molecule has 0 unspecified atom stereocenters. The van der Waals surface area contributed by atoms with E-state index in [0.717, 1.165) is 16.9 Å². The second kappa shape index (κ2) is 6.22. The van der Waals surface area contributed by atoms with Gasteiger partial charge in [-0.05, 0) is 36.4 Å². The largest absolute Gasteiger partial charge is 0.312 e. The van der Waals surface area contributed by atoms with Crippen LogP contribution in [0.15, 0.2) is 54.6 Å². The van der Waals surface area contributed by atoms with Gasteiger partial charge in [0, 0.05) is 21.7 Å². The molecule has 0 saturated heterocycles. The number of anilines is 1. The molecule has 0 aliphatic carbocycles. The van der Waals surface area contributed by atoms with E-state index in [1.807, 2.05) is 36.4 Å². The van der Waals surface area contributed by atoms with E-state index in [1.54, 1.807) is 22.9 Å². The van der Waals surface area contributed by atoms with Crippen LogP contribution in [0.3, 0.4) is 0 Å². The van der Waals surface area contributed by atoms with E-state index in [-0.39, 0.29) is 0 Å². The van der Waals surface area contributed by atoms with Crippen LogP contribution in [0.1, 0.15) is 0 Å². The summed E-state index contributed by atoms with van der Waals surface area (Å²) in [5.74, 6) is 0.468. The second-order valence-electron chi connectivity index (χ2n) is 4.57. The molecular formula is C16H11Cl2N3O. The normalized spacial score (nSPS) is 10.5. The van der Waals surface area contributed by atoms with Crippen molar-refractivity contribution in [3.63, 3.8) is 0 Å². The molecule has 1 N–H and O–H groups in total. The van der Waals surface area contributed by atoms with Crippen molar-refractivity contribution < 1.29 is 4.79 Å². The minimum atomic E-state index is 0.468. The molecule has 4 nitrogen and oxygen atoms in total. The zero-order valence-corrected chi connectivity index (χ0v) is 12.8. The van der Waals surface area contributed by atoms with Gasteiger partial charge in [0.05, 0.1) is 11.4 Å². The summed E-state index contributed by atoms with van der Waals surface area (Å²) in [6.07, 6.45) is 0.597. The van der Waals surface area contributed by atoms with Gasteiger partial charge in [0.25, 0.3) is 0 Å². The molecular weight excluding hydrogens is 321 g/mol. The lowest BCUT2D eigenvalue weighted by molar-refractivity contribution is -0.105. The predicted molar refractivity (Wildman–Crippen MR) is 88.7 cm³/mol. The monoisotopic (exact) mass is 331 g/mol. The van der Waals surface area contributed by atoms with Crippen LogP contribution >= 0.6 is 23.2 Å². The molecule has 1 aromatic heterocycles. The highest BCUT2D eigenvalue weighted by atomic mass is 35.5. The van der Waals surface area contributed by atoms with Crippen molar-refractivity contribution in [3.05, 3.63) is 64.6 Å². The third-order valence-corrected chi connectivity index (χ3v) is 3.63. The van der Waals surface area contributed by atoms with E-state index in [2.05, 4.69) is 10.4 Å². The maximum absolute atomic E-state index is 10.7. The molecule has 0 saturated carbocycles. The maximum atomic E-state index is 10.7. The van der Waals surface area contributed by atoms with E-state index in [1.165, 1.54) is 0 Å². The van der Waals surface area contributed by atoms with Crippen LogP contribution in [0.2, 0.25) is 10.0 Å². The lowest BCUT2D eigenvalue weighted by Gasteiger charge is -2.07. The predicted octanol–water partition coefficient (Wildman–Crippen LogP) is 4.41. The van der Waals surface area contributed by atoms with Gasteiger partial charge < -0.3 is 5.32 Å². The minimum Gasteiger partial charge on any atom is -0.312 e. The smallest absolute Gasteiger partial charge is 0.212 e. The molecule has 22 heavy (non-hydrogen) atoms. The fraction of sp³-hybridized carbons (Fsp3) is 0. The van der Waals surface area contributed by atoms with Gasteiger partial charge in [-0.1, -0.05) is 35.3 Å². The Morgan fingerprint density at radius 1 is 0.955 bits per heavy atom. The fourth-order valence-electron chi connectivity index (χ4n) is 2.12. The average Bonchev–Trinajstić information content (AvgIpc) is 2.93. The van der Waals surface area contributed by atoms with E-state index in [9.17, 15) is 4.79 Å². The second-order valence-corrected chi connectivity index (χ2v) is 5.44. The summed E-state index contributed by atoms with van der Waals surface area (Å²) in [6, 6.07) is 16.5. The van der Waals surface area contributed by atoms with Crippen molar-refractivity contribution in [1.82, 2.24) is 9.78 Å². The van der Waals surface area contributed by atoms with Crippen molar-refractivity contribution in [2.24, 2.45) is 0 Å². The molecule has 1 heterocycles. The lowest BCUT2D eigenvalue weighted by Crippen LogP contribution is -2.00. The summed E-state index contributed by atoms with van der Waals surface area (Å²) < 4.78 is 1.74. The molecule has 0 bridgehead atoms. The Balaban J connectivity index is 2.13. The van der Waals surface area contributed by atoms with Crippen molar-refractivity contribution in [2.75, 3.05) is 5.32 Å². The van der Waals surface area contributed by atoms with E-state index in [0.29, 0.717) is 22.3 Å².